The first-order chi connectivity index (χ1) is 19.0. The van der Waals surface area contributed by atoms with E-state index in [1.165, 1.54) is 0 Å². The number of hydrogen-bond donors (Lipinski definition) is 3. The minimum absolute atomic E-state index is 0.109. The number of hydrazine groups is 1. The first-order valence-corrected chi connectivity index (χ1v) is 14.2. The standard InChI is InChI=1S/C31H34Cl2FN3O2/c32-23-8-12-27(29(33)18-23)28-4-1-3-21-17-22(31(38)36-35)7-11-26(21)30(28)20-5-9-24(10-6-20)39-25-13-16-37(19-25)15-2-14-34/h5-12,17-18,25,31,36,38H,1-4,13-16,19,35H2/t25-,31?/m0/s1. The molecule has 2 aliphatic rings. The van der Waals surface area contributed by atoms with Crippen molar-refractivity contribution in [3.63, 3.8) is 0 Å². The highest BCUT2D eigenvalue weighted by atomic mass is 35.5. The number of nitrogens with one attached hydrogen (secondary N) is 1. The van der Waals surface area contributed by atoms with Crippen LogP contribution >= 0.6 is 23.2 Å². The molecule has 1 aliphatic heterocycles. The normalized spacial score (nSPS) is 18.6. The summed E-state index contributed by atoms with van der Waals surface area (Å²) in [5.74, 6) is 6.32. The van der Waals surface area contributed by atoms with Gasteiger partial charge >= 0.3 is 0 Å². The molecule has 5 nitrogen and oxygen atoms in total. The summed E-state index contributed by atoms with van der Waals surface area (Å²) in [6.07, 6.45) is 3.32. The van der Waals surface area contributed by atoms with Crippen molar-refractivity contribution in [3.8, 4) is 5.75 Å². The monoisotopic (exact) mass is 569 g/mol. The maximum atomic E-state index is 12.6. The summed E-state index contributed by atoms with van der Waals surface area (Å²) in [5.41, 5.74) is 9.71. The second kappa shape index (κ2) is 12.8. The number of ether oxygens (including phenoxy) is 1. The molecule has 0 radical (unpaired) electrons. The van der Waals surface area contributed by atoms with Gasteiger partial charge in [-0.2, -0.15) is 0 Å². The van der Waals surface area contributed by atoms with Crippen LogP contribution in [-0.2, 0) is 6.42 Å². The largest absolute Gasteiger partial charge is 0.489 e. The zero-order chi connectivity index (χ0) is 27.4. The smallest absolute Gasteiger partial charge is 0.143 e. The Labute approximate surface area is 239 Å². The average molecular weight is 571 g/mol. The number of rotatable bonds is 9. The lowest BCUT2D eigenvalue weighted by atomic mass is 9.87. The molecule has 0 saturated carbocycles. The number of alkyl halides is 1. The van der Waals surface area contributed by atoms with Gasteiger partial charge in [0.2, 0.25) is 0 Å². The molecule has 0 spiro atoms. The molecule has 3 aromatic rings. The number of allylic oxidation sites excluding steroid dienone is 1. The SMILES string of the molecule is NNC(O)c1ccc2c(c1)CCCC(c1ccc(Cl)cc1Cl)=C2c1ccc(O[C@H]2CCN(CCCF)C2)cc1. The number of aliphatic hydroxyl groups excluding tert-OH is 1. The van der Waals surface area contributed by atoms with Crippen molar-refractivity contribution in [1.82, 2.24) is 10.3 Å². The average Bonchev–Trinajstić information content (AvgIpc) is 3.30. The van der Waals surface area contributed by atoms with Crippen LogP contribution in [0.5, 0.6) is 5.75 Å². The van der Waals surface area contributed by atoms with Gasteiger partial charge in [0, 0.05) is 29.7 Å². The summed E-state index contributed by atoms with van der Waals surface area (Å²) >= 11 is 13.0. The van der Waals surface area contributed by atoms with Crippen molar-refractivity contribution in [2.45, 2.75) is 44.4 Å². The van der Waals surface area contributed by atoms with Crippen LogP contribution in [0.4, 0.5) is 4.39 Å². The highest BCUT2D eigenvalue weighted by Gasteiger charge is 2.25. The first kappa shape index (κ1) is 28.1. The summed E-state index contributed by atoms with van der Waals surface area (Å²) in [6.45, 7) is 2.26. The van der Waals surface area contributed by atoms with Crippen molar-refractivity contribution >= 4 is 34.3 Å². The quantitative estimate of drug-likeness (QED) is 0.155. The van der Waals surface area contributed by atoms with Crippen LogP contribution in [-0.4, -0.2) is 42.4 Å². The van der Waals surface area contributed by atoms with E-state index in [0.717, 1.165) is 90.0 Å². The number of nitrogens with two attached hydrogens (primary N) is 1. The predicted octanol–water partition coefficient (Wildman–Crippen LogP) is 6.56. The van der Waals surface area contributed by atoms with E-state index in [0.29, 0.717) is 16.5 Å². The molecule has 39 heavy (non-hydrogen) atoms. The lowest BCUT2D eigenvalue weighted by molar-refractivity contribution is 0.140. The lowest BCUT2D eigenvalue weighted by Crippen LogP contribution is -2.27. The van der Waals surface area contributed by atoms with E-state index >= 15 is 0 Å². The van der Waals surface area contributed by atoms with Gasteiger partial charge in [-0.25, -0.2) is 5.43 Å². The van der Waals surface area contributed by atoms with Crippen LogP contribution in [0.1, 0.15) is 59.7 Å². The molecule has 3 aromatic carbocycles. The number of likely N-dealkylation sites (tertiary alicyclic amines) is 1. The third-order valence-electron chi connectivity index (χ3n) is 7.59. The molecule has 1 fully saturated rings. The Morgan fingerprint density at radius 1 is 1.05 bits per heavy atom. The fourth-order valence-corrected chi connectivity index (χ4v) is 6.20. The van der Waals surface area contributed by atoms with Crippen LogP contribution in [0.15, 0.2) is 60.7 Å². The van der Waals surface area contributed by atoms with Gasteiger partial charge < -0.3 is 9.84 Å². The molecular weight excluding hydrogens is 536 g/mol. The Hall–Kier alpha value is -2.45. The number of halogens is 3. The molecule has 2 atom stereocenters. The van der Waals surface area contributed by atoms with Crippen molar-refractivity contribution in [2.24, 2.45) is 5.84 Å². The van der Waals surface area contributed by atoms with Crippen LogP contribution in [0.3, 0.4) is 0 Å². The van der Waals surface area contributed by atoms with E-state index in [4.69, 9.17) is 33.8 Å². The van der Waals surface area contributed by atoms with Crippen LogP contribution in [0.2, 0.25) is 10.0 Å². The molecule has 206 valence electrons. The van der Waals surface area contributed by atoms with Gasteiger partial charge in [0.05, 0.1) is 6.67 Å². The number of hydrogen-bond acceptors (Lipinski definition) is 5. The highest BCUT2D eigenvalue weighted by molar-refractivity contribution is 6.36. The fraction of sp³-hybridized carbons (Fsp3) is 0.355. The molecule has 4 N–H and O–H groups in total. The van der Waals surface area contributed by atoms with Gasteiger partial charge in [0.1, 0.15) is 18.1 Å². The second-order valence-corrected chi connectivity index (χ2v) is 11.1. The number of aliphatic hydroxyl groups is 1. The number of nitrogens with zero attached hydrogens (tertiary/aromatic N) is 1. The summed E-state index contributed by atoms with van der Waals surface area (Å²) in [4.78, 5) is 2.26. The number of fused-ring (bicyclic) bond motifs is 1. The van der Waals surface area contributed by atoms with E-state index in [1.807, 2.05) is 36.4 Å². The Morgan fingerprint density at radius 3 is 2.59 bits per heavy atom. The molecule has 1 saturated heterocycles. The van der Waals surface area contributed by atoms with Gasteiger partial charge in [0.15, 0.2) is 0 Å². The van der Waals surface area contributed by atoms with Gasteiger partial charge in [-0.3, -0.25) is 15.1 Å². The topological polar surface area (TPSA) is 70.8 Å². The fourth-order valence-electron chi connectivity index (χ4n) is 5.68. The Kier molecular flexibility index (Phi) is 9.23. The van der Waals surface area contributed by atoms with E-state index < -0.39 is 6.23 Å². The minimum atomic E-state index is -0.934. The van der Waals surface area contributed by atoms with E-state index in [1.54, 1.807) is 6.07 Å². The maximum absolute atomic E-state index is 12.6. The zero-order valence-electron chi connectivity index (χ0n) is 21.8. The maximum Gasteiger partial charge on any atom is 0.143 e. The molecule has 5 rings (SSSR count). The predicted molar refractivity (Wildman–Crippen MR) is 157 cm³/mol. The third kappa shape index (κ3) is 6.49. The van der Waals surface area contributed by atoms with Gasteiger partial charge in [-0.15, -0.1) is 0 Å². The molecule has 1 unspecified atom stereocenters. The second-order valence-electron chi connectivity index (χ2n) is 10.2. The van der Waals surface area contributed by atoms with Gasteiger partial charge in [0.25, 0.3) is 0 Å². The minimum Gasteiger partial charge on any atom is -0.489 e. The van der Waals surface area contributed by atoms with E-state index in [9.17, 15) is 9.50 Å². The molecular formula is C31H34Cl2FN3O2. The molecule has 8 heteroatoms. The van der Waals surface area contributed by atoms with Crippen LogP contribution in [0, 0.1) is 0 Å². The highest BCUT2D eigenvalue weighted by Crippen LogP contribution is 2.43. The van der Waals surface area contributed by atoms with E-state index in [-0.39, 0.29) is 12.8 Å². The summed E-state index contributed by atoms with van der Waals surface area (Å²) in [7, 11) is 0. The van der Waals surface area contributed by atoms with Crippen molar-refractivity contribution in [1.29, 1.82) is 0 Å². The molecule has 0 amide bonds. The first-order valence-electron chi connectivity index (χ1n) is 13.5. The Bertz CT molecular complexity index is 1330. The van der Waals surface area contributed by atoms with Crippen LogP contribution in [0.25, 0.3) is 11.1 Å². The van der Waals surface area contributed by atoms with Crippen LogP contribution < -0.4 is 16.0 Å². The number of aryl methyl sites for hydroxylation is 1. The zero-order valence-corrected chi connectivity index (χ0v) is 23.3. The molecule has 0 bridgehead atoms. The van der Waals surface area contributed by atoms with Crippen molar-refractivity contribution in [3.05, 3.63) is 98.5 Å². The number of benzene rings is 3. The summed E-state index contributed by atoms with van der Waals surface area (Å²) in [5, 5.41) is 11.5. The molecule has 0 aromatic heterocycles. The Morgan fingerprint density at radius 2 is 1.85 bits per heavy atom. The van der Waals surface area contributed by atoms with Crippen molar-refractivity contribution < 1.29 is 14.2 Å². The lowest BCUT2D eigenvalue weighted by Gasteiger charge is -2.20. The third-order valence-corrected chi connectivity index (χ3v) is 8.13. The van der Waals surface area contributed by atoms with E-state index in [2.05, 4.69) is 28.5 Å². The Balaban J connectivity index is 1.51. The molecule has 1 aliphatic carbocycles. The van der Waals surface area contributed by atoms with Crippen molar-refractivity contribution in [2.75, 3.05) is 26.3 Å². The summed E-state index contributed by atoms with van der Waals surface area (Å²) < 4.78 is 18.8. The van der Waals surface area contributed by atoms with Gasteiger partial charge in [-0.1, -0.05) is 59.6 Å². The summed E-state index contributed by atoms with van der Waals surface area (Å²) in [6, 6.07) is 19.9. The van der Waals surface area contributed by atoms with Gasteiger partial charge in [-0.05, 0) is 95.3 Å². The molecule has 1 heterocycles.